The molecule has 2 atom stereocenters. The second kappa shape index (κ2) is 4.91. The maximum Gasteiger partial charge on any atom is 0.347 e. The van der Waals surface area contributed by atoms with Gasteiger partial charge in [0.15, 0.2) is 0 Å². The Bertz CT molecular complexity index is 731. The van der Waals surface area contributed by atoms with Crippen molar-refractivity contribution in [3.05, 3.63) is 35.0 Å². The van der Waals surface area contributed by atoms with Crippen LogP contribution < -0.4 is 0 Å². The summed E-state index contributed by atoms with van der Waals surface area (Å²) in [5, 5.41) is 0.990. The van der Waals surface area contributed by atoms with Gasteiger partial charge in [-0.2, -0.15) is 0 Å². The summed E-state index contributed by atoms with van der Waals surface area (Å²) in [6.45, 7) is 5.77. The highest BCUT2D eigenvalue weighted by molar-refractivity contribution is 5.97. The fourth-order valence-electron chi connectivity index (χ4n) is 2.60. The molecule has 1 aliphatic rings. The van der Waals surface area contributed by atoms with E-state index in [1.165, 1.54) is 0 Å². The molecular weight excluding hydrogens is 270 g/mol. The van der Waals surface area contributed by atoms with Crippen molar-refractivity contribution in [1.29, 1.82) is 0 Å². The molecule has 0 spiro atoms. The van der Waals surface area contributed by atoms with Crippen molar-refractivity contribution in [2.75, 3.05) is 0 Å². The third kappa shape index (κ3) is 2.39. The SMILES string of the molecule is Cc1[nH]c2ccc(C(=O)OC3CC(C)OC3=O)cc2c1C. The van der Waals surface area contributed by atoms with Crippen molar-refractivity contribution in [1.82, 2.24) is 4.98 Å². The molecule has 3 rings (SSSR count). The Balaban J connectivity index is 1.84. The Kier molecular flexibility index (Phi) is 3.20. The van der Waals surface area contributed by atoms with Crippen LogP contribution >= 0.6 is 0 Å². The molecule has 21 heavy (non-hydrogen) atoms. The molecule has 0 amide bonds. The van der Waals surface area contributed by atoms with E-state index in [1.807, 2.05) is 19.9 Å². The number of hydrogen-bond donors (Lipinski definition) is 1. The lowest BCUT2D eigenvalue weighted by Crippen LogP contribution is -2.22. The molecule has 2 unspecified atom stereocenters. The predicted molar refractivity (Wildman–Crippen MR) is 77.1 cm³/mol. The Morgan fingerprint density at radius 1 is 1.38 bits per heavy atom. The lowest BCUT2D eigenvalue weighted by molar-refractivity contribution is -0.147. The molecule has 1 saturated heterocycles. The second-order valence-corrected chi connectivity index (χ2v) is 5.51. The van der Waals surface area contributed by atoms with Crippen LogP contribution in [0.15, 0.2) is 18.2 Å². The Morgan fingerprint density at radius 2 is 2.14 bits per heavy atom. The third-order valence-corrected chi connectivity index (χ3v) is 3.92. The molecule has 1 aromatic carbocycles. The van der Waals surface area contributed by atoms with E-state index in [2.05, 4.69) is 4.98 Å². The molecule has 0 aliphatic carbocycles. The molecule has 0 bridgehead atoms. The number of hydrogen-bond acceptors (Lipinski definition) is 4. The highest BCUT2D eigenvalue weighted by Crippen LogP contribution is 2.24. The van der Waals surface area contributed by atoms with Gasteiger partial charge in [-0.1, -0.05) is 0 Å². The van der Waals surface area contributed by atoms with Crippen LogP contribution in [0.2, 0.25) is 0 Å². The minimum Gasteiger partial charge on any atom is -0.460 e. The van der Waals surface area contributed by atoms with Crippen LogP contribution in [0, 0.1) is 13.8 Å². The number of aromatic amines is 1. The topological polar surface area (TPSA) is 68.4 Å². The van der Waals surface area contributed by atoms with Crippen molar-refractivity contribution in [3.63, 3.8) is 0 Å². The number of ether oxygens (including phenoxy) is 2. The van der Waals surface area contributed by atoms with Gasteiger partial charge in [0.05, 0.1) is 5.56 Å². The lowest BCUT2D eigenvalue weighted by Gasteiger charge is -2.08. The van der Waals surface area contributed by atoms with Crippen molar-refractivity contribution >= 4 is 22.8 Å². The van der Waals surface area contributed by atoms with Crippen LogP contribution in [0.5, 0.6) is 0 Å². The molecule has 5 nitrogen and oxygen atoms in total. The van der Waals surface area contributed by atoms with Gasteiger partial charge in [0.1, 0.15) is 6.10 Å². The standard InChI is InChI=1S/C16H17NO4/c1-8-6-14(16(19)20-8)21-15(18)11-4-5-13-12(7-11)9(2)10(3)17-13/h4-5,7-8,14,17H,6H2,1-3H3. The van der Waals surface area contributed by atoms with E-state index in [-0.39, 0.29) is 6.10 Å². The van der Waals surface area contributed by atoms with Crippen LogP contribution in [-0.4, -0.2) is 29.1 Å². The predicted octanol–water partition coefficient (Wildman–Crippen LogP) is 2.65. The van der Waals surface area contributed by atoms with Crippen molar-refractivity contribution in [2.24, 2.45) is 0 Å². The summed E-state index contributed by atoms with van der Waals surface area (Å²) >= 11 is 0. The number of aromatic nitrogens is 1. The zero-order valence-corrected chi connectivity index (χ0v) is 12.2. The molecule has 0 radical (unpaired) electrons. The lowest BCUT2D eigenvalue weighted by atomic mass is 10.1. The Hall–Kier alpha value is -2.30. The molecule has 1 aliphatic heterocycles. The maximum absolute atomic E-state index is 12.2. The normalized spacial score (nSPS) is 21.6. The van der Waals surface area contributed by atoms with E-state index in [0.717, 1.165) is 22.2 Å². The summed E-state index contributed by atoms with van der Waals surface area (Å²) in [7, 11) is 0. The zero-order valence-electron chi connectivity index (χ0n) is 12.2. The first-order chi connectivity index (χ1) is 9.95. The molecule has 5 heteroatoms. The molecule has 0 saturated carbocycles. The number of aryl methyl sites for hydroxylation is 2. The zero-order chi connectivity index (χ0) is 15.1. The maximum atomic E-state index is 12.2. The largest absolute Gasteiger partial charge is 0.460 e. The van der Waals surface area contributed by atoms with E-state index in [4.69, 9.17) is 9.47 Å². The highest BCUT2D eigenvalue weighted by Gasteiger charge is 2.35. The first kappa shape index (κ1) is 13.7. The Morgan fingerprint density at radius 3 is 2.81 bits per heavy atom. The van der Waals surface area contributed by atoms with E-state index in [9.17, 15) is 9.59 Å². The Labute approximate surface area is 122 Å². The van der Waals surface area contributed by atoms with Crippen LogP contribution in [0.3, 0.4) is 0 Å². The summed E-state index contributed by atoms with van der Waals surface area (Å²) in [5.74, 6) is -0.961. The van der Waals surface area contributed by atoms with Crippen molar-refractivity contribution in [3.8, 4) is 0 Å². The van der Waals surface area contributed by atoms with Gasteiger partial charge >= 0.3 is 11.9 Å². The summed E-state index contributed by atoms with van der Waals surface area (Å²) in [6.07, 6.45) is -0.584. The van der Waals surface area contributed by atoms with Gasteiger partial charge in [-0.05, 0) is 44.5 Å². The number of rotatable bonds is 2. The molecule has 1 aromatic heterocycles. The van der Waals surface area contributed by atoms with E-state index in [0.29, 0.717) is 12.0 Å². The number of nitrogens with one attached hydrogen (secondary N) is 1. The molecular formula is C16H17NO4. The van der Waals surface area contributed by atoms with Crippen molar-refractivity contribution in [2.45, 2.75) is 39.4 Å². The number of esters is 2. The molecule has 1 N–H and O–H groups in total. The van der Waals surface area contributed by atoms with E-state index < -0.39 is 18.0 Å². The smallest absolute Gasteiger partial charge is 0.347 e. The third-order valence-electron chi connectivity index (χ3n) is 3.92. The number of H-pyrrole nitrogens is 1. The van der Waals surface area contributed by atoms with Gasteiger partial charge in [0.25, 0.3) is 0 Å². The minimum absolute atomic E-state index is 0.202. The first-order valence-corrected chi connectivity index (χ1v) is 6.96. The number of carbonyl (C=O) groups excluding carboxylic acids is 2. The fourth-order valence-corrected chi connectivity index (χ4v) is 2.60. The first-order valence-electron chi connectivity index (χ1n) is 6.96. The molecule has 110 valence electrons. The second-order valence-electron chi connectivity index (χ2n) is 5.51. The molecule has 2 aromatic rings. The summed E-state index contributed by atoms with van der Waals surface area (Å²) in [6, 6.07) is 5.34. The minimum atomic E-state index is -0.794. The monoisotopic (exact) mass is 287 g/mol. The average molecular weight is 287 g/mol. The van der Waals surface area contributed by atoms with Crippen molar-refractivity contribution < 1.29 is 19.1 Å². The number of cyclic esters (lactones) is 1. The van der Waals surface area contributed by atoms with Crippen LogP contribution in [-0.2, 0) is 14.3 Å². The van der Waals surface area contributed by atoms with E-state index >= 15 is 0 Å². The van der Waals surface area contributed by atoms with Gasteiger partial charge in [-0.25, -0.2) is 9.59 Å². The number of benzene rings is 1. The molecule has 1 fully saturated rings. The molecule has 2 heterocycles. The van der Waals surface area contributed by atoms with Gasteiger partial charge in [-0.3, -0.25) is 0 Å². The van der Waals surface area contributed by atoms with Gasteiger partial charge in [-0.15, -0.1) is 0 Å². The van der Waals surface area contributed by atoms with Crippen LogP contribution in [0.4, 0.5) is 0 Å². The van der Waals surface area contributed by atoms with Gasteiger partial charge in [0, 0.05) is 23.0 Å². The van der Waals surface area contributed by atoms with Crippen LogP contribution in [0.25, 0.3) is 10.9 Å². The summed E-state index contributed by atoms with van der Waals surface area (Å²) in [4.78, 5) is 26.9. The van der Waals surface area contributed by atoms with Crippen LogP contribution in [0.1, 0.15) is 35.0 Å². The quantitative estimate of drug-likeness (QED) is 0.862. The highest BCUT2D eigenvalue weighted by atomic mass is 16.6. The van der Waals surface area contributed by atoms with E-state index in [1.54, 1.807) is 19.1 Å². The fraction of sp³-hybridized carbons (Fsp3) is 0.375. The summed E-state index contributed by atoms with van der Waals surface area (Å²) in [5.41, 5.74) is 3.60. The van der Waals surface area contributed by atoms with Gasteiger partial charge < -0.3 is 14.5 Å². The average Bonchev–Trinajstić information content (AvgIpc) is 2.90. The number of fused-ring (bicyclic) bond motifs is 1. The summed E-state index contributed by atoms with van der Waals surface area (Å²) < 4.78 is 10.2. The van der Waals surface area contributed by atoms with Gasteiger partial charge in [0.2, 0.25) is 6.10 Å². The number of carbonyl (C=O) groups is 2.